The van der Waals surface area contributed by atoms with Gasteiger partial charge in [0.05, 0.1) is 6.54 Å². The number of nitrogens with one attached hydrogen (secondary N) is 1. The average molecular weight is 312 g/mol. The van der Waals surface area contributed by atoms with Crippen molar-refractivity contribution < 1.29 is 4.79 Å². The summed E-state index contributed by atoms with van der Waals surface area (Å²) in [5.74, 6) is 0.400. The largest absolute Gasteiger partial charge is 0.352 e. The summed E-state index contributed by atoms with van der Waals surface area (Å²) in [6.45, 7) is 2.74. The highest BCUT2D eigenvalue weighted by Crippen LogP contribution is 2.18. The molecule has 0 spiro atoms. The molecule has 2 heterocycles. The molecule has 2 aromatic heterocycles. The quantitative estimate of drug-likeness (QED) is 0.686. The van der Waals surface area contributed by atoms with Gasteiger partial charge in [-0.15, -0.1) is 5.10 Å². The first kappa shape index (κ1) is 14.8. The van der Waals surface area contributed by atoms with E-state index in [2.05, 4.69) is 30.9 Å². The van der Waals surface area contributed by atoms with E-state index < -0.39 is 6.04 Å². The summed E-state index contributed by atoms with van der Waals surface area (Å²) in [5.41, 5.74) is 0.821. The molecule has 0 fully saturated rings. The fraction of sp³-hybridized carbons (Fsp3) is 0.286. The van der Waals surface area contributed by atoms with Crippen LogP contribution >= 0.6 is 0 Å². The number of carbonyl (C=O) groups is 1. The lowest BCUT2D eigenvalue weighted by atomic mass is 10.1. The molecule has 0 saturated heterocycles. The zero-order valence-corrected chi connectivity index (χ0v) is 12.6. The van der Waals surface area contributed by atoms with Crippen LogP contribution in [-0.2, 0) is 11.3 Å². The van der Waals surface area contributed by atoms with Gasteiger partial charge in [0.25, 0.3) is 0 Å². The van der Waals surface area contributed by atoms with E-state index in [1.165, 1.54) is 11.0 Å². The zero-order chi connectivity index (χ0) is 16.1. The Bertz CT molecular complexity index is 752. The number of aromatic nitrogens is 7. The number of amides is 1. The normalized spacial score (nSPS) is 12.0. The van der Waals surface area contributed by atoms with Gasteiger partial charge in [-0.2, -0.15) is 5.10 Å². The SMILES string of the molecule is Cc1nnnn1C(C(=O)NCCn1cncn1)c1ccccc1. The summed E-state index contributed by atoms with van der Waals surface area (Å²) in [4.78, 5) is 16.5. The maximum atomic E-state index is 12.6. The standard InChI is InChI=1S/C14H16N8O/c1-11-18-19-20-22(11)13(12-5-3-2-4-6-12)14(23)16-7-8-21-10-15-9-17-21/h2-6,9-10,13H,7-8H2,1H3,(H,16,23). The van der Waals surface area contributed by atoms with E-state index in [4.69, 9.17) is 0 Å². The van der Waals surface area contributed by atoms with E-state index in [0.717, 1.165) is 5.56 Å². The minimum absolute atomic E-state index is 0.174. The highest BCUT2D eigenvalue weighted by atomic mass is 16.2. The van der Waals surface area contributed by atoms with Crippen molar-refractivity contribution in [2.45, 2.75) is 19.5 Å². The predicted molar refractivity (Wildman–Crippen MR) is 80.2 cm³/mol. The van der Waals surface area contributed by atoms with E-state index in [-0.39, 0.29) is 5.91 Å². The number of hydrogen-bond acceptors (Lipinski definition) is 6. The van der Waals surface area contributed by atoms with Crippen LogP contribution in [0.5, 0.6) is 0 Å². The van der Waals surface area contributed by atoms with Gasteiger partial charge in [0.1, 0.15) is 18.5 Å². The minimum atomic E-state index is -0.609. The average Bonchev–Trinajstić information content (AvgIpc) is 3.21. The van der Waals surface area contributed by atoms with Crippen LogP contribution in [0.2, 0.25) is 0 Å². The monoisotopic (exact) mass is 312 g/mol. The Morgan fingerprint density at radius 2 is 2.13 bits per heavy atom. The van der Waals surface area contributed by atoms with Crippen LogP contribution in [0.15, 0.2) is 43.0 Å². The van der Waals surface area contributed by atoms with Crippen LogP contribution in [0.4, 0.5) is 0 Å². The first-order valence-electron chi connectivity index (χ1n) is 7.15. The lowest BCUT2D eigenvalue weighted by Crippen LogP contribution is -2.36. The van der Waals surface area contributed by atoms with E-state index in [9.17, 15) is 4.79 Å². The van der Waals surface area contributed by atoms with Crippen molar-refractivity contribution in [3.05, 3.63) is 54.4 Å². The second-order valence-electron chi connectivity index (χ2n) is 4.93. The van der Waals surface area contributed by atoms with Gasteiger partial charge in [-0.3, -0.25) is 9.48 Å². The molecule has 0 aliphatic carbocycles. The number of aryl methyl sites for hydroxylation is 1. The smallest absolute Gasteiger partial charge is 0.249 e. The maximum absolute atomic E-state index is 12.6. The van der Waals surface area contributed by atoms with E-state index in [0.29, 0.717) is 18.9 Å². The van der Waals surface area contributed by atoms with Gasteiger partial charge in [-0.25, -0.2) is 9.67 Å². The molecule has 9 heteroatoms. The van der Waals surface area contributed by atoms with E-state index >= 15 is 0 Å². The summed E-state index contributed by atoms with van der Waals surface area (Å²) in [5, 5.41) is 18.3. The Morgan fingerprint density at radius 3 is 2.78 bits per heavy atom. The molecule has 3 rings (SSSR count). The number of hydrogen-bond donors (Lipinski definition) is 1. The van der Waals surface area contributed by atoms with E-state index in [1.807, 2.05) is 30.3 Å². The molecule has 1 aromatic carbocycles. The van der Waals surface area contributed by atoms with Crippen molar-refractivity contribution >= 4 is 5.91 Å². The molecular weight excluding hydrogens is 296 g/mol. The number of rotatable bonds is 6. The number of benzene rings is 1. The number of nitrogens with zero attached hydrogens (tertiary/aromatic N) is 7. The van der Waals surface area contributed by atoms with Crippen molar-refractivity contribution in [3.63, 3.8) is 0 Å². The molecule has 0 radical (unpaired) electrons. The van der Waals surface area contributed by atoms with Gasteiger partial charge >= 0.3 is 0 Å². The second-order valence-corrected chi connectivity index (χ2v) is 4.93. The van der Waals surface area contributed by atoms with Gasteiger partial charge in [-0.1, -0.05) is 30.3 Å². The lowest BCUT2D eigenvalue weighted by Gasteiger charge is -2.17. The molecule has 0 aliphatic rings. The fourth-order valence-electron chi connectivity index (χ4n) is 2.25. The zero-order valence-electron chi connectivity index (χ0n) is 12.6. The summed E-state index contributed by atoms with van der Waals surface area (Å²) in [7, 11) is 0. The summed E-state index contributed by atoms with van der Waals surface area (Å²) in [6, 6.07) is 8.80. The summed E-state index contributed by atoms with van der Waals surface area (Å²) < 4.78 is 3.17. The van der Waals surface area contributed by atoms with Gasteiger partial charge in [0, 0.05) is 6.54 Å². The molecule has 1 amide bonds. The lowest BCUT2D eigenvalue weighted by molar-refractivity contribution is -0.123. The van der Waals surface area contributed by atoms with Crippen molar-refractivity contribution in [1.82, 2.24) is 40.3 Å². The molecule has 0 bridgehead atoms. The molecule has 118 valence electrons. The number of tetrazole rings is 1. The molecule has 1 N–H and O–H groups in total. The van der Waals surface area contributed by atoms with Crippen LogP contribution in [0.1, 0.15) is 17.4 Å². The maximum Gasteiger partial charge on any atom is 0.249 e. The van der Waals surface area contributed by atoms with Crippen LogP contribution < -0.4 is 5.32 Å². The third-order valence-electron chi connectivity index (χ3n) is 3.37. The van der Waals surface area contributed by atoms with E-state index in [1.54, 1.807) is 17.9 Å². The van der Waals surface area contributed by atoms with Gasteiger partial charge in [0.2, 0.25) is 5.91 Å². The third kappa shape index (κ3) is 3.39. The van der Waals surface area contributed by atoms with Crippen molar-refractivity contribution in [2.75, 3.05) is 6.54 Å². The molecular formula is C14H16N8O. The first-order chi connectivity index (χ1) is 11.3. The molecule has 23 heavy (non-hydrogen) atoms. The summed E-state index contributed by atoms with van der Waals surface area (Å²) >= 11 is 0. The second kappa shape index (κ2) is 6.77. The molecule has 0 saturated carbocycles. The van der Waals surface area contributed by atoms with Crippen LogP contribution in [0.25, 0.3) is 0 Å². The highest BCUT2D eigenvalue weighted by molar-refractivity contribution is 5.83. The van der Waals surface area contributed by atoms with Crippen LogP contribution in [0.3, 0.4) is 0 Å². The summed E-state index contributed by atoms with van der Waals surface area (Å²) in [6.07, 6.45) is 3.06. The van der Waals surface area contributed by atoms with Gasteiger partial charge < -0.3 is 5.32 Å². The van der Waals surface area contributed by atoms with Gasteiger partial charge in [0.15, 0.2) is 6.04 Å². The Kier molecular flexibility index (Phi) is 4.37. The Balaban J connectivity index is 1.75. The molecule has 1 atom stereocenters. The van der Waals surface area contributed by atoms with Crippen molar-refractivity contribution in [3.8, 4) is 0 Å². The molecule has 1 unspecified atom stereocenters. The first-order valence-corrected chi connectivity index (χ1v) is 7.15. The molecule has 0 aliphatic heterocycles. The Hall–Kier alpha value is -3.10. The van der Waals surface area contributed by atoms with Crippen LogP contribution in [0, 0.1) is 6.92 Å². The van der Waals surface area contributed by atoms with Crippen molar-refractivity contribution in [1.29, 1.82) is 0 Å². The molecule has 9 nitrogen and oxygen atoms in total. The minimum Gasteiger partial charge on any atom is -0.352 e. The molecule has 3 aromatic rings. The number of carbonyl (C=O) groups excluding carboxylic acids is 1. The van der Waals surface area contributed by atoms with Crippen LogP contribution in [-0.4, -0.2) is 47.4 Å². The third-order valence-corrected chi connectivity index (χ3v) is 3.37. The topological polar surface area (TPSA) is 103 Å². The Morgan fingerprint density at radius 1 is 1.30 bits per heavy atom. The van der Waals surface area contributed by atoms with Crippen molar-refractivity contribution in [2.24, 2.45) is 0 Å². The van der Waals surface area contributed by atoms with Gasteiger partial charge in [-0.05, 0) is 22.9 Å². The highest BCUT2D eigenvalue weighted by Gasteiger charge is 2.25. The predicted octanol–water partition coefficient (Wildman–Crippen LogP) is -0.0212. The Labute approximate surface area is 132 Å². The fourth-order valence-corrected chi connectivity index (χ4v) is 2.25.